The van der Waals surface area contributed by atoms with E-state index in [4.69, 9.17) is 16.3 Å². The average Bonchev–Trinajstić information content (AvgIpc) is 2.89. The molecule has 1 aromatic carbocycles. The van der Waals surface area contributed by atoms with E-state index in [1.54, 1.807) is 28.1 Å². The average molecular weight is 499 g/mol. The van der Waals surface area contributed by atoms with E-state index in [0.29, 0.717) is 31.0 Å². The summed E-state index contributed by atoms with van der Waals surface area (Å²) in [5.41, 5.74) is 0.900. The number of nitrogens with one attached hydrogen (secondary N) is 1. The summed E-state index contributed by atoms with van der Waals surface area (Å²) in [5.74, 6) is -0.499. The number of anilines is 1. The number of halogens is 1. The monoisotopic (exact) mass is 498 g/mol. The minimum atomic E-state index is -0.710. The van der Waals surface area contributed by atoms with Crippen LogP contribution in [0.2, 0.25) is 5.02 Å². The van der Waals surface area contributed by atoms with Crippen LogP contribution in [0.25, 0.3) is 0 Å². The molecule has 2 fully saturated rings. The second kappa shape index (κ2) is 10.2. The first-order valence-corrected chi connectivity index (χ1v) is 12.3. The van der Waals surface area contributed by atoms with Gasteiger partial charge in [-0.05, 0) is 49.1 Å². The fraction of sp³-hybridized carbons (Fsp3) is 0.462. The number of urea groups is 1. The third-order valence-corrected chi connectivity index (χ3v) is 7.61. The number of hydrogen-bond acceptors (Lipinski definition) is 5. The zero-order valence-corrected chi connectivity index (χ0v) is 21.0. The van der Waals surface area contributed by atoms with E-state index in [1.807, 2.05) is 44.2 Å². The first-order valence-electron chi connectivity index (χ1n) is 12.0. The van der Waals surface area contributed by atoms with Gasteiger partial charge >= 0.3 is 12.0 Å². The first-order chi connectivity index (χ1) is 16.8. The Bertz CT molecular complexity index is 1090. The van der Waals surface area contributed by atoms with E-state index in [0.717, 1.165) is 17.8 Å². The number of hydrogen-bond donors (Lipinski definition) is 1. The van der Waals surface area contributed by atoms with Crippen molar-refractivity contribution in [1.29, 1.82) is 0 Å². The topological polar surface area (TPSA) is 91.8 Å². The lowest BCUT2D eigenvalue weighted by atomic mass is 9.63. The molecule has 0 bridgehead atoms. The molecule has 9 heteroatoms. The number of ether oxygens (including phenoxy) is 1. The van der Waals surface area contributed by atoms with Gasteiger partial charge in [-0.15, -0.1) is 0 Å². The van der Waals surface area contributed by atoms with Crippen LogP contribution in [0.4, 0.5) is 10.5 Å². The van der Waals surface area contributed by atoms with Crippen LogP contribution < -0.4 is 10.2 Å². The highest BCUT2D eigenvalue weighted by Gasteiger charge is 2.62. The molecule has 1 N–H and O–H groups in total. The fourth-order valence-electron chi connectivity index (χ4n) is 5.12. The van der Waals surface area contributed by atoms with E-state index >= 15 is 0 Å². The number of carbonyl (C=O) groups is 3. The number of piperidine rings is 1. The van der Waals surface area contributed by atoms with Gasteiger partial charge in [-0.25, -0.2) is 9.59 Å². The zero-order valence-electron chi connectivity index (χ0n) is 20.2. The molecule has 2 aliphatic heterocycles. The Morgan fingerprint density at radius 2 is 1.97 bits per heavy atom. The first kappa shape index (κ1) is 25.0. The Morgan fingerprint density at radius 1 is 1.23 bits per heavy atom. The van der Waals surface area contributed by atoms with Gasteiger partial charge in [0.25, 0.3) is 0 Å². The molecule has 0 saturated carbocycles. The lowest BCUT2D eigenvalue weighted by Gasteiger charge is -2.58. The van der Waals surface area contributed by atoms with Crippen molar-refractivity contribution in [3.63, 3.8) is 0 Å². The molecular weight excluding hydrogens is 468 g/mol. The second-order valence-electron chi connectivity index (χ2n) is 9.29. The van der Waals surface area contributed by atoms with Crippen molar-refractivity contribution in [3.05, 3.63) is 59.4 Å². The van der Waals surface area contributed by atoms with Crippen molar-refractivity contribution in [2.24, 2.45) is 11.3 Å². The number of aromatic nitrogens is 1. The van der Waals surface area contributed by atoms with E-state index in [2.05, 4.69) is 10.3 Å². The molecule has 3 amide bonds. The van der Waals surface area contributed by atoms with Gasteiger partial charge < -0.3 is 19.9 Å². The van der Waals surface area contributed by atoms with Gasteiger partial charge in [0, 0.05) is 30.0 Å². The fourth-order valence-corrected chi connectivity index (χ4v) is 5.30. The molecule has 2 saturated heterocycles. The SMILES string of the molecule is CC[C@H](C)[C@H](NC(=O)N1CCC2(CC1)C(=O)N(c1cccc(Cl)c1)C2c1ccccn1)C(=O)OC. The number of methoxy groups -OCH3 is 1. The lowest BCUT2D eigenvalue weighted by molar-refractivity contribution is -0.144. The summed E-state index contributed by atoms with van der Waals surface area (Å²) in [6, 6.07) is 11.7. The second-order valence-corrected chi connectivity index (χ2v) is 9.73. The highest BCUT2D eigenvalue weighted by Crippen LogP contribution is 2.57. The molecule has 1 aromatic heterocycles. The van der Waals surface area contributed by atoms with Gasteiger partial charge in [-0.3, -0.25) is 9.78 Å². The van der Waals surface area contributed by atoms with Crippen LogP contribution in [0, 0.1) is 11.3 Å². The molecule has 1 spiro atoms. The van der Waals surface area contributed by atoms with Gasteiger partial charge in [-0.2, -0.15) is 0 Å². The summed E-state index contributed by atoms with van der Waals surface area (Å²) in [5, 5.41) is 3.40. The van der Waals surface area contributed by atoms with E-state index in [9.17, 15) is 14.4 Å². The molecule has 2 aliphatic rings. The maximum atomic E-state index is 13.6. The number of β-lactam (4-membered cyclic amide) rings is 1. The Balaban J connectivity index is 1.53. The van der Waals surface area contributed by atoms with Gasteiger partial charge in [0.05, 0.1) is 24.3 Å². The predicted molar refractivity (Wildman–Crippen MR) is 133 cm³/mol. The van der Waals surface area contributed by atoms with Gasteiger partial charge in [0.15, 0.2) is 0 Å². The Hall–Kier alpha value is -3.13. The van der Waals surface area contributed by atoms with Crippen molar-refractivity contribution in [1.82, 2.24) is 15.2 Å². The van der Waals surface area contributed by atoms with Gasteiger partial charge in [0.2, 0.25) is 5.91 Å². The standard InChI is InChI=1S/C26H31ClN4O4/c1-4-17(2)21(23(32)35-3)29-25(34)30-14-11-26(12-15-30)22(20-10-5-6-13-28-20)31(24(26)33)19-9-7-8-18(27)16-19/h5-10,13,16-17,21-22H,4,11-12,14-15H2,1-3H3,(H,29,34)/t17-,21-,22?/m0/s1. The summed E-state index contributed by atoms with van der Waals surface area (Å²) in [6.45, 7) is 4.67. The van der Waals surface area contributed by atoms with Crippen molar-refractivity contribution in [3.8, 4) is 0 Å². The smallest absolute Gasteiger partial charge is 0.328 e. The predicted octanol–water partition coefficient (Wildman–Crippen LogP) is 4.20. The van der Waals surface area contributed by atoms with Crippen LogP contribution >= 0.6 is 11.6 Å². The summed E-state index contributed by atoms with van der Waals surface area (Å²) >= 11 is 6.21. The van der Waals surface area contributed by atoms with E-state index in [-0.39, 0.29) is 23.9 Å². The van der Waals surface area contributed by atoms with Gasteiger partial charge in [-0.1, -0.05) is 44.0 Å². The van der Waals surface area contributed by atoms with Crippen LogP contribution in [0.5, 0.6) is 0 Å². The molecule has 186 valence electrons. The molecule has 4 rings (SSSR count). The quantitative estimate of drug-likeness (QED) is 0.476. The summed E-state index contributed by atoms with van der Waals surface area (Å²) < 4.78 is 4.88. The highest BCUT2D eigenvalue weighted by atomic mass is 35.5. The summed E-state index contributed by atoms with van der Waals surface area (Å²) in [4.78, 5) is 46.8. The van der Waals surface area contributed by atoms with E-state index in [1.165, 1.54) is 7.11 Å². The Morgan fingerprint density at radius 3 is 2.57 bits per heavy atom. The lowest BCUT2D eigenvalue weighted by Crippen LogP contribution is -2.67. The number of benzene rings is 1. The third-order valence-electron chi connectivity index (χ3n) is 7.37. The number of rotatable bonds is 6. The largest absolute Gasteiger partial charge is 0.467 e. The molecule has 0 radical (unpaired) electrons. The van der Waals surface area contributed by atoms with Crippen molar-refractivity contribution in [2.75, 3.05) is 25.1 Å². The maximum absolute atomic E-state index is 13.6. The molecular formula is C26H31ClN4O4. The highest BCUT2D eigenvalue weighted by molar-refractivity contribution is 6.31. The van der Waals surface area contributed by atoms with Crippen LogP contribution in [-0.2, 0) is 14.3 Å². The molecule has 8 nitrogen and oxygen atoms in total. The summed E-state index contributed by atoms with van der Waals surface area (Å²) in [7, 11) is 1.32. The van der Waals surface area contributed by atoms with Crippen LogP contribution in [-0.4, -0.2) is 54.0 Å². The van der Waals surface area contributed by atoms with Crippen molar-refractivity contribution in [2.45, 2.75) is 45.2 Å². The minimum Gasteiger partial charge on any atom is -0.467 e. The maximum Gasteiger partial charge on any atom is 0.328 e. The molecule has 3 atom stereocenters. The number of carbonyl (C=O) groups excluding carboxylic acids is 3. The summed E-state index contributed by atoms with van der Waals surface area (Å²) in [6.07, 6.45) is 3.46. The minimum absolute atomic E-state index is 0.0162. The zero-order chi connectivity index (χ0) is 25.2. The van der Waals surface area contributed by atoms with E-state index < -0.39 is 17.4 Å². The number of nitrogens with zero attached hydrogens (tertiary/aromatic N) is 3. The van der Waals surface area contributed by atoms with Crippen LogP contribution in [0.3, 0.4) is 0 Å². The number of amides is 3. The molecule has 0 aliphatic carbocycles. The number of likely N-dealkylation sites (tertiary alicyclic amines) is 1. The Kier molecular flexibility index (Phi) is 7.31. The Labute approximate surface area is 210 Å². The van der Waals surface area contributed by atoms with Crippen LogP contribution in [0.1, 0.15) is 44.8 Å². The van der Waals surface area contributed by atoms with Crippen LogP contribution in [0.15, 0.2) is 48.7 Å². The molecule has 1 unspecified atom stereocenters. The van der Waals surface area contributed by atoms with Crippen molar-refractivity contribution >= 4 is 35.2 Å². The van der Waals surface area contributed by atoms with Gasteiger partial charge in [0.1, 0.15) is 6.04 Å². The normalized spacial score (nSPS) is 20.7. The molecule has 2 aromatic rings. The molecule has 3 heterocycles. The number of esters is 1. The van der Waals surface area contributed by atoms with Crippen molar-refractivity contribution < 1.29 is 19.1 Å². The molecule has 35 heavy (non-hydrogen) atoms. The number of pyridine rings is 1. The third kappa shape index (κ3) is 4.59.